The maximum Gasteiger partial charge on any atom is 0.319 e. The molecule has 8 heteroatoms. The second-order valence-electron chi connectivity index (χ2n) is 7.08. The minimum Gasteiger partial charge on any atom is -0.377 e. The Morgan fingerprint density at radius 2 is 1.63 bits per heavy atom. The van der Waals surface area contributed by atoms with Crippen molar-refractivity contribution in [2.24, 2.45) is 0 Å². The summed E-state index contributed by atoms with van der Waals surface area (Å²) < 4.78 is 25.9. The molecule has 30 heavy (non-hydrogen) atoms. The molecule has 0 atom stereocenters. The maximum atomic E-state index is 12.9. The lowest BCUT2D eigenvalue weighted by atomic mass is 10.1. The molecule has 0 unspecified atom stereocenters. The van der Waals surface area contributed by atoms with Crippen molar-refractivity contribution in [2.45, 2.75) is 11.3 Å². The van der Waals surface area contributed by atoms with Gasteiger partial charge in [-0.3, -0.25) is 0 Å². The van der Waals surface area contributed by atoms with E-state index in [0.717, 1.165) is 11.1 Å². The molecule has 0 aliphatic rings. The first-order valence-corrected chi connectivity index (χ1v) is 11.5. The first-order chi connectivity index (χ1) is 14.3. The molecule has 0 heterocycles. The number of nitrogens with zero attached hydrogens (tertiary/aromatic N) is 1. The van der Waals surface area contributed by atoms with Crippen molar-refractivity contribution in [1.29, 1.82) is 0 Å². The minimum atomic E-state index is -3.50. The Hall–Kier alpha value is -2.77. The van der Waals surface area contributed by atoms with Crippen molar-refractivity contribution in [3.8, 4) is 0 Å². The predicted molar refractivity (Wildman–Crippen MR) is 123 cm³/mol. The fourth-order valence-corrected chi connectivity index (χ4v) is 4.88. The zero-order chi connectivity index (χ0) is 21.7. The van der Waals surface area contributed by atoms with Gasteiger partial charge < -0.3 is 15.5 Å². The number of fused-ring (bicyclic) bond motifs is 1. The van der Waals surface area contributed by atoms with Gasteiger partial charge in [0, 0.05) is 47.8 Å². The number of carbonyl (C=O) groups excluding carboxylic acids is 1. The summed E-state index contributed by atoms with van der Waals surface area (Å²) in [5.74, 6) is -0.0560. The molecule has 2 N–H and O–H groups in total. The van der Waals surface area contributed by atoms with E-state index in [4.69, 9.17) is 11.6 Å². The number of sulfone groups is 1. The van der Waals surface area contributed by atoms with Gasteiger partial charge in [-0.15, -0.1) is 0 Å². The lowest BCUT2D eigenvalue weighted by molar-refractivity contribution is 0.252. The highest BCUT2D eigenvalue weighted by atomic mass is 35.5. The van der Waals surface area contributed by atoms with Crippen LogP contribution in [0.5, 0.6) is 0 Å². The second kappa shape index (κ2) is 9.36. The summed E-state index contributed by atoms with van der Waals surface area (Å²) in [6, 6.07) is 17.3. The van der Waals surface area contributed by atoms with Gasteiger partial charge in [0.25, 0.3) is 0 Å². The number of halogens is 1. The van der Waals surface area contributed by atoms with Crippen LogP contribution in [-0.4, -0.2) is 40.8 Å². The summed E-state index contributed by atoms with van der Waals surface area (Å²) in [6.45, 7) is 0.242. The smallest absolute Gasteiger partial charge is 0.319 e. The number of nitrogens with one attached hydrogen (secondary N) is 2. The molecule has 2 amide bonds. The van der Waals surface area contributed by atoms with E-state index in [9.17, 15) is 13.2 Å². The van der Waals surface area contributed by atoms with E-state index in [1.165, 1.54) is 0 Å². The summed E-state index contributed by atoms with van der Waals surface area (Å²) in [6.07, 6.45) is 0.306. The summed E-state index contributed by atoms with van der Waals surface area (Å²) in [5, 5.41) is 7.53. The van der Waals surface area contributed by atoms with Crippen LogP contribution in [0.4, 0.5) is 16.2 Å². The predicted octanol–water partition coefficient (Wildman–Crippen LogP) is 4.54. The van der Waals surface area contributed by atoms with E-state index in [-0.39, 0.29) is 12.3 Å². The van der Waals surface area contributed by atoms with Crippen LogP contribution in [-0.2, 0) is 9.84 Å². The van der Waals surface area contributed by atoms with E-state index in [1.807, 2.05) is 43.3 Å². The summed E-state index contributed by atoms with van der Waals surface area (Å²) in [5.41, 5.74) is 1.57. The number of urea groups is 1. The second-order valence-corrected chi connectivity index (χ2v) is 9.60. The van der Waals surface area contributed by atoms with Crippen LogP contribution in [0.2, 0.25) is 5.02 Å². The van der Waals surface area contributed by atoms with Gasteiger partial charge in [-0.1, -0.05) is 35.9 Å². The van der Waals surface area contributed by atoms with Crippen LogP contribution in [0.3, 0.4) is 0 Å². The fourth-order valence-electron chi connectivity index (χ4n) is 3.21. The van der Waals surface area contributed by atoms with Crippen LogP contribution < -0.4 is 15.5 Å². The number of carbonyl (C=O) groups is 1. The third-order valence-corrected chi connectivity index (χ3v) is 6.76. The average Bonchev–Trinajstić information content (AvgIpc) is 2.72. The Bertz CT molecular complexity index is 1150. The van der Waals surface area contributed by atoms with Gasteiger partial charge in [-0.2, -0.15) is 0 Å². The van der Waals surface area contributed by atoms with Gasteiger partial charge in [0.15, 0.2) is 9.84 Å². The van der Waals surface area contributed by atoms with Crippen LogP contribution in [0.1, 0.15) is 6.42 Å². The van der Waals surface area contributed by atoms with Gasteiger partial charge in [0.2, 0.25) is 0 Å². The Morgan fingerprint density at radius 1 is 0.967 bits per heavy atom. The number of hydrogen-bond donors (Lipinski definition) is 2. The number of benzene rings is 3. The lowest BCUT2D eigenvalue weighted by Crippen LogP contribution is -2.30. The fraction of sp³-hybridized carbons (Fsp3) is 0.227. The Labute approximate surface area is 181 Å². The monoisotopic (exact) mass is 445 g/mol. The highest BCUT2D eigenvalue weighted by molar-refractivity contribution is 7.91. The highest BCUT2D eigenvalue weighted by Gasteiger charge is 2.18. The van der Waals surface area contributed by atoms with Crippen molar-refractivity contribution in [2.75, 3.05) is 36.6 Å². The third-order valence-electron chi connectivity index (χ3n) is 4.65. The molecule has 3 aromatic carbocycles. The molecule has 0 radical (unpaired) electrons. The molecule has 0 saturated carbocycles. The van der Waals surface area contributed by atoms with Gasteiger partial charge in [-0.25, -0.2) is 13.2 Å². The van der Waals surface area contributed by atoms with E-state index < -0.39 is 15.9 Å². The zero-order valence-electron chi connectivity index (χ0n) is 16.9. The normalized spacial score (nSPS) is 11.3. The molecule has 158 valence electrons. The largest absolute Gasteiger partial charge is 0.377 e. The lowest BCUT2D eigenvalue weighted by Gasteiger charge is -2.17. The first kappa shape index (κ1) is 21.9. The quantitative estimate of drug-likeness (QED) is 0.523. The Balaban J connectivity index is 1.62. The number of rotatable bonds is 7. The van der Waals surface area contributed by atoms with Gasteiger partial charge in [-0.05, 0) is 42.8 Å². The summed E-state index contributed by atoms with van der Waals surface area (Å²) in [7, 11) is 0.359. The van der Waals surface area contributed by atoms with Crippen molar-refractivity contribution >= 4 is 49.6 Å². The molecule has 0 aliphatic carbocycles. The first-order valence-electron chi connectivity index (χ1n) is 9.50. The van der Waals surface area contributed by atoms with Gasteiger partial charge >= 0.3 is 6.03 Å². The van der Waals surface area contributed by atoms with E-state index >= 15 is 0 Å². The Kier molecular flexibility index (Phi) is 6.84. The average molecular weight is 446 g/mol. The van der Waals surface area contributed by atoms with E-state index in [0.29, 0.717) is 27.4 Å². The minimum absolute atomic E-state index is 0.0560. The molecule has 0 fully saturated rings. The molecule has 0 bridgehead atoms. The van der Waals surface area contributed by atoms with Gasteiger partial charge in [0.05, 0.1) is 10.6 Å². The summed E-state index contributed by atoms with van der Waals surface area (Å²) in [4.78, 5) is 14.2. The zero-order valence-corrected chi connectivity index (χ0v) is 18.4. The van der Waals surface area contributed by atoms with Gasteiger partial charge in [0.1, 0.15) is 0 Å². The van der Waals surface area contributed by atoms with Crippen molar-refractivity contribution in [3.05, 3.63) is 65.7 Å². The van der Waals surface area contributed by atoms with Crippen LogP contribution in [0, 0.1) is 0 Å². The molecule has 0 aliphatic heterocycles. The molecular weight excluding hydrogens is 422 g/mol. The van der Waals surface area contributed by atoms with Crippen LogP contribution in [0.25, 0.3) is 10.8 Å². The molecule has 0 spiro atoms. The van der Waals surface area contributed by atoms with Crippen LogP contribution >= 0.6 is 11.6 Å². The maximum absolute atomic E-state index is 12.9. The van der Waals surface area contributed by atoms with E-state index in [1.54, 1.807) is 36.4 Å². The third kappa shape index (κ3) is 5.23. The molecule has 6 nitrogen and oxygen atoms in total. The van der Waals surface area contributed by atoms with Crippen LogP contribution in [0.15, 0.2) is 65.6 Å². The molecular formula is C22H24ClN3O3S. The molecule has 0 aromatic heterocycles. The molecule has 0 saturated heterocycles. The summed E-state index contributed by atoms with van der Waals surface area (Å²) >= 11 is 5.82. The van der Waals surface area contributed by atoms with Crippen molar-refractivity contribution in [1.82, 2.24) is 5.32 Å². The molecule has 3 aromatic rings. The standard InChI is InChI=1S/C22H24ClN3O3S/c1-26(2)20-8-3-7-19-18(20)6-4-9-21(19)30(28,29)15-5-14-24-22(27)25-17-12-10-16(23)11-13-17/h3-4,6-13H,5,14-15H2,1-2H3,(H2,24,25,27). The molecule has 3 rings (SSSR count). The van der Waals surface area contributed by atoms with E-state index in [2.05, 4.69) is 10.6 Å². The number of hydrogen-bond acceptors (Lipinski definition) is 4. The number of anilines is 2. The Morgan fingerprint density at radius 3 is 2.33 bits per heavy atom. The van der Waals surface area contributed by atoms with Crippen molar-refractivity contribution < 1.29 is 13.2 Å². The van der Waals surface area contributed by atoms with Crippen molar-refractivity contribution in [3.63, 3.8) is 0 Å². The topological polar surface area (TPSA) is 78.5 Å². The highest BCUT2D eigenvalue weighted by Crippen LogP contribution is 2.30. The SMILES string of the molecule is CN(C)c1cccc2c(S(=O)(=O)CCCNC(=O)Nc3ccc(Cl)cc3)cccc12. The number of amides is 2.